The highest BCUT2D eigenvalue weighted by Gasteiger charge is 2.19. The van der Waals surface area contributed by atoms with Gasteiger partial charge in [0.25, 0.3) is 0 Å². The Morgan fingerprint density at radius 3 is 2.91 bits per heavy atom. The molecule has 1 unspecified atom stereocenters. The van der Waals surface area contributed by atoms with Gasteiger partial charge in [-0.2, -0.15) is 0 Å². The Morgan fingerprint density at radius 2 is 2.05 bits per heavy atom. The lowest BCUT2D eigenvalue weighted by Gasteiger charge is -2.25. The normalized spacial score (nSPS) is 17.0. The third-order valence-electron chi connectivity index (χ3n) is 4.39. The zero-order valence-corrected chi connectivity index (χ0v) is 12.6. The van der Waals surface area contributed by atoms with Gasteiger partial charge in [0.1, 0.15) is 0 Å². The van der Waals surface area contributed by atoms with Crippen molar-refractivity contribution in [1.29, 1.82) is 0 Å². The molecule has 0 heterocycles. The summed E-state index contributed by atoms with van der Waals surface area (Å²) >= 11 is 0. The molecule has 3 heteroatoms. The van der Waals surface area contributed by atoms with E-state index < -0.39 is 5.97 Å². The average Bonchev–Trinajstić information content (AvgIpc) is 2.55. The molecule has 0 fully saturated rings. The van der Waals surface area contributed by atoms with Gasteiger partial charge >= 0.3 is 5.97 Å². The van der Waals surface area contributed by atoms with Crippen LogP contribution in [0.4, 0.5) is 0 Å². The van der Waals surface area contributed by atoms with Crippen molar-refractivity contribution < 1.29 is 9.90 Å². The first-order valence-electron chi connectivity index (χ1n) is 7.85. The van der Waals surface area contributed by atoms with Crippen molar-refractivity contribution in [1.82, 2.24) is 5.32 Å². The lowest BCUT2D eigenvalue weighted by Crippen LogP contribution is -2.24. The second-order valence-corrected chi connectivity index (χ2v) is 5.92. The molecule has 114 valence electrons. The Labute approximate surface area is 131 Å². The number of fused-ring (bicyclic) bond motifs is 1. The molecule has 1 aliphatic carbocycles. The van der Waals surface area contributed by atoms with Crippen LogP contribution in [0, 0.1) is 0 Å². The summed E-state index contributed by atoms with van der Waals surface area (Å²) in [5.41, 5.74) is 4.32. The lowest BCUT2D eigenvalue weighted by atomic mass is 9.83. The monoisotopic (exact) mass is 295 g/mol. The van der Waals surface area contributed by atoms with Crippen molar-refractivity contribution >= 4 is 5.97 Å². The summed E-state index contributed by atoms with van der Waals surface area (Å²) in [6, 6.07) is 15.8. The van der Waals surface area contributed by atoms with E-state index in [1.165, 1.54) is 30.4 Å². The molecule has 2 aromatic carbocycles. The van der Waals surface area contributed by atoms with E-state index in [0.29, 0.717) is 18.0 Å². The zero-order valence-electron chi connectivity index (χ0n) is 12.6. The molecule has 0 aromatic heterocycles. The number of hydrogen-bond acceptors (Lipinski definition) is 2. The molecule has 0 bridgehead atoms. The molecule has 0 saturated carbocycles. The average molecular weight is 295 g/mol. The molecule has 2 aromatic rings. The Morgan fingerprint density at radius 1 is 1.18 bits per heavy atom. The van der Waals surface area contributed by atoms with Crippen LogP contribution in [-0.4, -0.2) is 17.6 Å². The molecule has 3 rings (SSSR count). The van der Waals surface area contributed by atoms with Crippen LogP contribution in [0.3, 0.4) is 0 Å². The summed E-state index contributed by atoms with van der Waals surface area (Å²) < 4.78 is 0. The van der Waals surface area contributed by atoms with Crippen LogP contribution in [0.25, 0.3) is 0 Å². The van der Waals surface area contributed by atoms with E-state index in [0.717, 1.165) is 12.1 Å². The van der Waals surface area contributed by atoms with Crippen molar-refractivity contribution in [3.05, 3.63) is 70.8 Å². The highest BCUT2D eigenvalue weighted by molar-refractivity contribution is 5.87. The molecule has 22 heavy (non-hydrogen) atoms. The number of hydrogen-bond donors (Lipinski definition) is 2. The largest absolute Gasteiger partial charge is 0.478 e. The maximum Gasteiger partial charge on any atom is 0.335 e. The molecular formula is C19H21NO2. The molecule has 3 nitrogen and oxygen atoms in total. The Hall–Kier alpha value is -2.13. The van der Waals surface area contributed by atoms with Crippen LogP contribution in [0.15, 0.2) is 48.5 Å². The lowest BCUT2D eigenvalue weighted by molar-refractivity contribution is 0.0696. The minimum Gasteiger partial charge on any atom is -0.478 e. The number of carboxylic acids is 1. The molecule has 0 saturated heterocycles. The number of nitrogens with one attached hydrogen (secondary N) is 1. The molecular weight excluding hydrogens is 274 g/mol. The van der Waals surface area contributed by atoms with E-state index in [2.05, 4.69) is 29.6 Å². The number of carbonyl (C=O) groups is 1. The summed E-state index contributed by atoms with van der Waals surface area (Å²) in [6.07, 6.45) is 3.66. The van der Waals surface area contributed by atoms with Crippen LogP contribution in [-0.2, 0) is 13.0 Å². The van der Waals surface area contributed by atoms with Gasteiger partial charge in [0, 0.05) is 13.1 Å². The molecule has 0 spiro atoms. The Balaban J connectivity index is 1.60. The quantitative estimate of drug-likeness (QED) is 0.886. The third-order valence-corrected chi connectivity index (χ3v) is 4.39. The number of aryl methyl sites for hydroxylation is 1. The van der Waals surface area contributed by atoms with Crippen molar-refractivity contribution in [2.75, 3.05) is 6.54 Å². The summed E-state index contributed by atoms with van der Waals surface area (Å²) in [6.45, 7) is 1.65. The van der Waals surface area contributed by atoms with Crippen molar-refractivity contribution in [3.63, 3.8) is 0 Å². The van der Waals surface area contributed by atoms with Crippen LogP contribution >= 0.6 is 0 Å². The minimum atomic E-state index is -0.872. The van der Waals surface area contributed by atoms with Crippen LogP contribution in [0.5, 0.6) is 0 Å². The van der Waals surface area contributed by atoms with Gasteiger partial charge in [0.2, 0.25) is 0 Å². The van der Waals surface area contributed by atoms with Gasteiger partial charge in [-0.25, -0.2) is 4.79 Å². The molecule has 0 radical (unpaired) electrons. The van der Waals surface area contributed by atoms with E-state index in [1.807, 2.05) is 6.07 Å². The first-order valence-corrected chi connectivity index (χ1v) is 7.85. The minimum absolute atomic E-state index is 0.349. The summed E-state index contributed by atoms with van der Waals surface area (Å²) in [4.78, 5) is 11.0. The fourth-order valence-electron chi connectivity index (χ4n) is 3.27. The topological polar surface area (TPSA) is 49.3 Å². The maximum absolute atomic E-state index is 11.0. The van der Waals surface area contributed by atoms with Gasteiger partial charge in [-0.05, 0) is 54.0 Å². The van der Waals surface area contributed by atoms with E-state index in [9.17, 15) is 4.79 Å². The Bertz CT molecular complexity index is 666. The molecule has 0 aliphatic heterocycles. The van der Waals surface area contributed by atoms with Gasteiger partial charge in [-0.3, -0.25) is 0 Å². The van der Waals surface area contributed by atoms with Gasteiger partial charge in [0.15, 0.2) is 0 Å². The molecule has 0 amide bonds. The summed E-state index contributed by atoms with van der Waals surface area (Å²) in [7, 11) is 0. The van der Waals surface area contributed by atoms with E-state index in [1.54, 1.807) is 18.2 Å². The van der Waals surface area contributed by atoms with Crippen LogP contribution < -0.4 is 5.32 Å². The molecule has 1 aliphatic rings. The fraction of sp³-hybridized carbons (Fsp3) is 0.316. The highest BCUT2D eigenvalue weighted by Crippen LogP contribution is 2.30. The number of rotatable bonds is 5. The van der Waals surface area contributed by atoms with Crippen molar-refractivity contribution in [3.8, 4) is 0 Å². The number of benzene rings is 2. The predicted molar refractivity (Wildman–Crippen MR) is 87.2 cm³/mol. The summed E-state index contributed by atoms with van der Waals surface area (Å²) in [5, 5.41) is 12.5. The SMILES string of the molecule is O=C(O)c1cccc(CNCC2CCCc3ccccc32)c1. The molecule has 1 atom stereocenters. The van der Waals surface area contributed by atoms with E-state index in [-0.39, 0.29) is 0 Å². The van der Waals surface area contributed by atoms with Gasteiger partial charge < -0.3 is 10.4 Å². The standard InChI is InChI=1S/C19H21NO2/c21-19(22)16-8-3-5-14(11-16)12-20-13-17-9-4-7-15-6-1-2-10-18(15)17/h1-3,5-6,8,10-11,17,20H,4,7,9,12-13H2,(H,21,22). The first kappa shape index (κ1) is 14.8. The van der Waals surface area contributed by atoms with E-state index >= 15 is 0 Å². The Kier molecular flexibility index (Phi) is 4.54. The summed E-state index contributed by atoms with van der Waals surface area (Å²) in [5.74, 6) is -0.310. The number of carboxylic acid groups (broad SMARTS) is 1. The van der Waals surface area contributed by atoms with Crippen LogP contribution in [0.2, 0.25) is 0 Å². The predicted octanol–water partition coefficient (Wildman–Crippen LogP) is 3.59. The second kappa shape index (κ2) is 6.75. The van der Waals surface area contributed by atoms with Gasteiger partial charge in [-0.1, -0.05) is 36.4 Å². The second-order valence-electron chi connectivity index (χ2n) is 5.92. The maximum atomic E-state index is 11.0. The van der Waals surface area contributed by atoms with Gasteiger partial charge in [0.05, 0.1) is 5.56 Å². The smallest absolute Gasteiger partial charge is 0.335 e. The zero-order chi connectivity index (χ0) is 15.4. The van der Waals surface area contributed by atoms with Crippen LogP contribution in [0.1, 0.15) is 45.8 Å². The van der Waals surface area contributed by atoms with Gasteiger partial charge in [-0.15, -0.1) is 0 Å². The fourth-order valence-corrected chi connectivity index (χ4v) is 3.27. The highest BCUT2D eigenvalue weighted by atomic mass is 16.4. The molecule has 2 N–H and O–H groups in total. The third kappa shape index (κ3) is 3.37. The van der Waals surface area contributed by atoms with E-state index in [4.69, 9.17) is 5.11 Å². The number of aromatic carboxylic acids is 1. The van der Waals surface area contributed by atoms with Crippen molar-refractivity contribution in [2.24, 2.45) is 0 Å². The first-order chi connectivity index (χ1) is 10.7. The van der Waals surface area contributed by atoms with Crippen molar-refractivity contribution in [2.45, 2.75) is 31.7 Å².